The first kappa shape index (κ1) is 11.8. The van der Waals surface area contributed by atoms with Gasteiger partial charge >= 0.3 is 0 Å². The van der Waals surface area contributed by atoms with Crippen LogP contribution < -0.4 is 5.32 Å². The number of carbonyl (C=O) groups is 1. The molecule has 0 spiro atoms. The van der Waals surface area contributed by atoms with E-state index in [9.17, 15) is 4.79 Å². The monoisotopic (exact) mass is 247 g/mol. The van der Waals surface area contributed by atoms with E-state index in [0.717, 1.165) is 32.2 Å². The van der Waals surface area contributed by atoms with Gasteiger partial charge in [-0.15, -0.1) is 0 Å². The molecule has 98 valence electrons. The Labute approximate surface area is 108 Å². The average molecular weight is 247 g/mol. The van der Waals surface area contributed by atoms with Gasteiger partial charge in [0.15, 0.2) is 0 Å². The third-order valence-electron chi connectivity index (χ3n) is 4.02. The highest BCUT2D eigenvalue weighted by Crippen LogP contribution is 2.27. The van der Waals surface area contributed by atoms with Crippen molar-refractivity contribution in [2.45, 2.75) is 58.0 Å². The minimum absolute atomic E-state index is 0.109. The Morgan fingerprint density at radius 3 is 2.89 bits per heavy atom. The molecule has 0 bridgehead atoms. The van der Waals surface area contributed by atoms with Crippen LogP contribution in [0, 0.1) is 5.92 Å². The summed E-state index contributed by atoms with van der Waals surface area (Å²) in [6.07, 6.45) is 6.23. The molecule has 4 nitrogen and oxygen atoms in total. The van der Waals surface area contributed by atoms with Gasteiger partial charge in [0.05, 0.1) is 18.7 Å². The molecule has 1 amide bonds. The summed E-state index contributed by atoms with van der Waals surface area (Å²) in [6, 6.07) is 0.461. The van der Waals surface area contributed by atoms with Crippen molar-refractivity contribution < 1.29 is 4.79 Å². The van der Waals surface area contributed by atoms with Gasteiger partial charge in [-0.2, -0.15) is 5.10 Å². The number of hydrogen-bond acceptors (Lipinski definition) is 2. The van der Waals surface area contributed by atoms with E-state index in [1.54, 1.807) is 0 Å². The minimum atomic E-state index is 0.109. The molecule has 1 atom stereocenters. The summed E-state index contributed by atoms with van der Waals surface area (Å²) < 4.78 is 2.04. The molecule has 2 aliphatic rings. The van der Waals surface area contributed by atoms with Crippen LogP contribution in [0.3, 0.4) is 0 Å². The van der Waals surface area contributed by atoms with E-state index in [-0.39, 0.29) is 11.8 Å². The zero-order valence-electron chi connectivity index (χ0n) is 11.1. The van der Waals surface area contributed by atoms with Gasteiger partial charge in [0.25, 0.3) is 0 Å². The smallest absolute Gasteiger partial charge is 0.225 e. The summed E-state index contributed by atoms with van der Waals surface area (Å²) in [6.45, 7) is 5.15. The highest BCUT2D eigenvalue weighted by atomic mass is 16.2. The summed E-state index contributed by atoms with van der Waals surface area (Å²) >= 11 is 0. The van der Waals surface area contributed by atoms with Crippen LogP contribution >= 0.6 is 0 Å². The fraction of sp³-hybridized carbons (Fsp3) is 0.714. The van der Waals surface area contributed by atoms with Crippen molar-refractivity contribution >= 4 is 5.91 Å². The number of nitrogens with one attached hydrogen (secondary N) is 1. The van der Waals surface area contributed by atoms with E-state index in [1.807, 2.05) is 10.9 Å². The normalized spacial score (nSPS) is 22.9. The Morgan fingerprint density at radius 1 is 1.44 bits per heavy atom. The lowest BCUT2D eigenvalue weighted by molar-refractivity contribution is -0.126. The summed E-state index contributed by atoms with van der Waals surface area (Å²) in [5, 5.41) is 7.55. The molecule has 1 aliphatic heterocycles. The van der Waals surface area contributed by atoms with E-state index < -0.39 is 0 Å². The second-order valence-electron chi connectivity index (χ2n) is 5.90. The first-order valence-corrected chi connectivity index (χ1v) is 7.00. The molecule has 1 aromatic heterocycles. The van der Waals surface area contributed by atoms with Gasteiger partial charge in [-0.3, -0.25) is 9.48 Å². The summed E-state index contributed by atoms with van der Waals surface area (Å²) in [4.78, 5) is 12.0. The van der Waals surface area contributed by atoms with E-state index in [1.165, 1.54) is 11.3 Å². The maximum absolute atomic E-state index is 12.0. The molecule has 1 saturated carbocycles. The SMILES string of the molecule is CC(C)c1cnn2c1CCC(C(=O)NC1CC1)C2. The number of nitrogens with zero attached hydrogens (tertiary/aromatic N) is 2. The lowest BCUT2D eigenvalue weighted by atomic mass is 9.93. The fourth-order valence-electron chi connectivity index (χ4n) is 2.71. The van der Waals surface area contributed by atoms with Gasteiger partial charge in [-0.05, 0) is 37.2 Å². The predicted molar refractivity (Wildman–Crippen MR) is 69.3 cm³/mol. The van der Waals surface area contributed by atoms with Crippen LogP contribution in [0.25, 0.3) is 0 Å². The van der Waals surface area contributed by atoms with E-state index in [4.69, 9.17) is 0 Å². The minimum Gasteiger partial charge on any atom is -0.353 e. The van der Waals surface area contributed by atoms with Crippen molar-refractivity contribution in [3.63, 3.8) is 0 Å². The maximum atomic E-state index is 12.0. The number of hydrogen-bond donors (Lipinski definition) is 1. The molecule has 3 rings (SSSR count). The molecular weight excluding hydrogens is 226 g/mol. The van der Waals surface area contributed by atoms with Crippen LogP contribution in [0.15, 0.2) is 6.20 Å². The van der Waals surface area contributed by atoms with Crippen molar-refractivity contribution in [1.82, 2.24) is 15.1 Å². The van der Waals surface area contributed by atoms with E-state index in [0.29, 0.717) is 12.0 Å². The van der Waals surface area contributed by atoms with Crippen molar-refractivity contribution in [2.75, 3.05) is 0 Å². The molecule has 0 radical (unpaired) electrons. The molecule has 0 saturated heterocycles. The zero-order valence-corrected chi connectivity index (χ0v) is 11.1. The third kappa shape index (κ3) is 2.16. The maximum Gasteiger partial charge on any atom is 0.225 e. The molecule has 1 unspecified atom stereocenters. The standard InChI is InChI=1S/C14H21N3O/c1-9(2)12-7-15-17-8-10(3-6-13(12)17)14(18)16-11-4-5-11/h7,9-11H,3-6,8H2,1-2H3,(H,16,18). The van der Waals surface area contributed by atoms with Crippen LogP contribution in [-0.2, 0) is 17.8 Å². The molecule has 1 aromatic rings. The number of amides is 1. The molecule has 18 heavy (non-hydrogen) atoms. The first-order valence-electron chi connectivity index (χ1n) is 7.00. The Kier molecular flexibility index (Phi) is 2.88. The number of aromatic nitrogens is 2. The lowest BCUT2D eigenvalue weighted by Gasteiger charge is -2.24. The van der Waals surface area contributed by atoms with Crippen molar-refractivity contribution in [3.05, 3.63) is 17.5 Å². The van der Waals surface area contributed by atoms with Crippen LogP contribution in [0.4, 0.5) is 0 Å². The highest BCUT2D eigenvalue weighted by Gasteiger charge is 2.31. The molecule has 0 aromatic carbocycles. The van der Waals surface area contributed by atoms with Gasteiger partial charge in [-0.1, -0.05) is 13.8 Å². The zero-order chi connectivity index (χ0) is 12.7. The molecule has 1 N–H and O–H groups in total. The Morgan fingerprint density at radius 2 is 2.22 bits per heavy atom. The van der Waals surface area contributed by atoms with Crippen LogP contribution in [0.2, 0.25) is 0 Å². The summed E-state index contributed by atoms with van der Waals surface area (Å²) in [5.74, 6) is 0.855. The number of rotatable bonds is 3. The van der Waals surface area contributed by atoms with Crippen LogP contribution in [0.1, 0.15) is 50.3 Å². The molecular formula is C14H21N3O. The second-order valence-corrected chi connectivity index (χ2v) is 5.90. The van der Waals surface area contributed by atoms with Crippen molar-refractivity contribution in [1.29, 1.82) is 0 Å². The van der Waals surface area contributed by atoms with E-state index >= 15 is 0 Å². The van der Waals surface area contributed by atoms with Gasteiger partial charge in [-0.25, -0.2) is 0 Å². The summed E-state index contributed by atoms with van der Waals surface area (Å²) in [5.41, 5.74) is 2.68. The topological polar surface area (TPSA) is 46.9 Å². The third-order valence-corrected chi connectivity index (χ3v) is 4.02. The van der Waals surface area contributed by atoms with Gasteiger partial charge in [0, 0.05) is 11.7 Å². The Hall–Kier alpha value is -1.32. The average Bonchev–Trinajstić information content (AvgIpc) is 3.05. The molecule has 2 heterocycles. The second kappa shape index (κ2) is 4.41. The molecule has 1 aliphatic carbocycles. The summed E-state index contributed by atoms with van der Waals surface area (Å²) in [7, 11) is 0. The largest absolute Gasteiger partial charge is 0.353 e. The Balaban J connectivity index is 1.71. The van der Waals surface area contributed by atoms with Crippen LogP contribution in [-0.4, -0.2) is 21.7 Å². The van der Waals surface area contributed by atoms with Gasteiger partial charge in [0.2, 0.25) is 5.91 Å². The van der Waals surface area contributed by atoms with Crippen molar-refractivity contribution in [3.8, 4) is 0 Å². The quantitative estimate of drug-likeness (QED) is 0.886. The predicted octanol–water partition coefficient (Wildman–Crippen LogP) is 1.85. The van der Waals surface area contributed by atoms with E-state index in [2.05, 4.69) is 24.3 Å². The van der Waals surface area contributed by atoms with Gasteiger partial charge in [0.1, 0.15) is 0 Å². The fourth-order valence-corrected chi connectivity index (χ4v) is 2.71. The lowest BCUT2D eigenvalue weighted by Crippen LogP contribution is -2.37. The highest BCUT2D eigenvalue weighted by molar-refractivity contribution is 5.79. The molecule has 1 fully saturated rings. The number of fused-ring (bicyclic) bond motifs is 1. The molecule has 4 heteroatoms. The first-order chi connectivity index (χ1) is 8.65. The van der Waals surface area contributed by atoms with Crippen LogP contribution in [0.5, 0.6) is 0 Å². The number of carbonyl (C=O) groups excluding carboxylic acids is 1. The van der Waals surface area contributed by atoms with Gasteiger partial charge < -0.3 is 5.32 Å². The Bertz CT molecular complexity index is 460. The van der Waals surface area contributed by atoms with Crippen molar-refractivity contribution in [2.24, 2.45) is 5.92 Å².